The van der Waals surface area contributed by atoms with Crippen LogP contribution in [0.1, 0.15) is 68.6 Å². The van der Waals surface area contributed by atoms with E-state index in [0.29, 0.717) is 23.2 Å². The minimum Gasteiger partial charge on any atom is -0.361 e. The number of rotatable bonds is 9. The smallest absolute Gasteiger partial charge is 0.310 e. The van der Waals surface area contributed by atoms with Gasteiger partial charge in [-0.1, -0.05) is 19.4 Å². The highest BCUT2D eigenvalue weighted by Gasteiger charge is 2.28. The van der Waals surface area contributed by atoms with Crippen LogP contribution < -0.4 is 4.18 Å². The van der Waals surface area contributed by atoms with Crippen molar-refractivity contribution in [2.24, 2.45) is 5.92 Å². The van der Waals surface area contributed by atoms with E-state index in [4.69, 9.17) is 4.18 Å². The molecule has 1 aromatic carbocycles. The van der Waals surface area contributed by atoms with Gasteiger partial charge in [-0.15, -0.1) is 0 Å². The Balaban J connectivity index is 2.73. The summed E-state index contributed by atoms with van der Waals surface area (Å²) in [5.41, 5.74) is 2.49. The first-order valence-corrected chi connectivity index (χ1v) is 11.8. The largest absolute Gasteiger partial charge is 0.361 e. The molecule has 0 amide bonds. The summed E-state index contributed by atoms with van der Waals surface area (Å²) in [6.45, 7) is 12.7. The minimum absolute atomic E-state index is 0.0135. The molecule has 9 nitrogen and oxygen atoms in total. The number of hydrogen-bond acceptors (Lipinski definition) is 7. The number of carbonyl (C=O) groups is 1. The molecule has 0 aliphatic carbocycles. The highest BCUT2D eigenvalue weighted by atomic mass is 32.2. The second kappa shape index (κ2) is 9.64. The normalized spacial score (nSPS) is 11.5. The molecule has 0 fully saturated rings. The van der Waals surface area contributed by atoms with Gasteiger partial charge >= 0.3 is 10.1 Å². The fraction of sp³-hybridized carbons (Fsp3) is 0.455. The molecule has 32 heavy (non-hydrogen) atoms. The van der Waals surface area contributed by atoms with Gasteiger partial charge in [0.1, 0.15) is 5.56 Å². The maximum Gasteiger partial charge on any atom is 0.310 e. The zero-order valence-corrected chi connectivity index (χ0v) is 20.2. The highest BCUT2D eigenvalue weighted by Crippen LogP contribution is 2.35. The maximum absolute atomic E-state index is 13.5. The van der Waals surface area contributed by atoms with E-state index in [2.05, 4.69) is 5.10 Å². The van der Waals surface area contributed by atoms with Crippen molar-refractivity contribution in [3.63, 3.8) is 0 Å². The molecular weight excluding hydrogens is 434 g/mol. The molecule has 0 atom stereocenters. The molecule has 0 spiro atoms. The van der Waals surface area contributed by atoms with Gasteiger partial charge in [-0.25, -0.2) is 4.68 Å². The van der Waals surface area contributed by atoms with Gasteiger partial charge in [0.2, 0.25) is 5.88 Å². The van der Waals surface area contributed by atoms with Gasteiger partial charge in [0.25, 0.3) is 5.69 Å². The quantitative estimate of drug-likeness (QED) is 0.232. The summed E-state index contributed by atoms with van der Waals surface area (Å²) in [6, 6.07) is 2.68. The van der Waals surface area contributed by atoms with E-state index in [-0.39, 0.29) is 34.4 Å². The summed E-state index contributed by atoms with van der Waals surface area (Å²) in [5.74, 6) is -0.814. The number of nitro groups is 1. The second-order valence-corrected chi connectivity index (χ2v) is 10.1. The molecule has 0 N–H and O–H groups in total. The molecule has 0 radical (unpaired) electrons. The van der Waals surface area contributed by atoms with Gasteiger partial charge in [0.15, 0.2) is 5.78 Å². The zero-order valence-electron chi connectivity index (χ0n) is 19.4. The first-order chi connectivity index (χ1) is 14.8. The zero-order chi connectivity index (χ0) is 24.4. The average molecular weight is 464 g/mol. The molecule has 0 saturated heterocycles. The number of aromatic nitrogens is 2. The molecule has 1 heterocycles. The predicted molar refractivity (Wildman–Crippen MR) is 122 cm³/mol. The lowest BCUT2D eigenvalue weighted by molar-refractivity contribution is -0.385. The fourth-order valence-electron chi connectivity index (χ4n) is 3.24. The van der Waals surface area contributed by atoms with Gasteiger partial charge in [0, 0.05) is 18.2 Å². The first-order valence-electron chi connectivity index (χ1n) is 10.3. The number of nitro benzene ring substituents is 1. The Kier molecular flexibility index (Phi) is 7.61. The number of hydrogen-bond donors (Lipinski definition) is 0. The third kappa shape index (κ3) is 5.24. The molecular formula is C22H29N3O6S. The summed E-state index contributed by atoms with van der Waals surface area (Å²) >= 11 is 0. The first kappa shape index (κ1) is 25.3. The number of benzene rings is 1. The standard InChI is InChI=1S/C22H29N3O6S/c1-8-32(29,30)31-22-18(11-23-24(22)12-13(2)3)21(26)17-9-10-19(25(27)28)20(16(17)7)15(6)14(4)5/h9-11,13H,8,12H2,1-7H3. The van der Waals surface area contributed by atoms with Crippen LogP contribution in [-0.2, 0) is 16.7 Å². The summed E-state index contributed by atoms with van der Waals surface area (Å²) in [7, 11) is -3.91. The van der Waals surface area contributed by atoms with Crippen molar-refractivity contribution in [1.82, 2.24) is 9.78 Å². The van der Waals surface area contributed by atoms with E-state index >= 15 is 0 Å². The molecule has 0 unspecified atom stereocenters. The lowest BCUT2D eigenvalue weighted by atomic mass is 9.90. The van der Waals surface area contributed by atoms with E-state index in [1.54, 1.807) is 13.8 Å². The minimum atomic E-state index is -3.91. The average Bonchev–Trinajstić information content (AvgIpc) is 3.07. The lowest BCUT2D eigenvalue weighted by Crippen LogP contribution is -2.18. The fourth-order valence-corrected chi connectivity index (χ4v) is 3.77. The molecule has 0 aliphatic heterocycles. The summed E-state index contributed by atoms with van der Waals surface area (Å²) < 4.78 is 30.9. The van der Waals surface area contributed by atoms with Crippen LogP contribution in [-0.4, -0.2) is 34.7 Å². The van der Waals surface area contributed by atoms with Crippen molar-refractivity contribution in [1.29, 1.82) is 0 Å². The number of ketones is 1. The Hall–Kier alpha value is -3.01. The number of allylic oxidation sites excluding steroid dienone is 2. The van der Waals surface area contributed by atoms with Crippen molar-refractivity contribution >= 4 is 27.2 Å². The third-order valence-corrected chi connectivity index (χ3v) is 6.26. The van der Waals surface area contributed by atoms with Crippen molar-refractivity contribution in [2.45, 2.75) is 55.0 Å². The van der Waals surface area contributed by atoms with Crippen LogP contribution in [0.15, 0.2) is 23.9 Å². The Morgan fingerprint density at radius 2 is 1.84 bits per heavy atom. The molecule has 2 aromatic rings. The molecule has 174 valence electrons. The second-order valence-electron chi connectivity index (χ2n) is 8.21. The van der Waals surface area contributed by atoms with Gasteiger partial charge in [-0.2, -0.15) is 13.5 Å². The molecule has 1 aromatic heterocycles. The summed E-state index contributed by atoms with van der Waals surface area (Å²) in [5, 5.41) is 15.8. The van der Waals surface area contributed by atoms with Crippen molar-refractivity contribution in [2.75, 3.05) is 5.75 Å². The number of carbonyl (C=O) groups excluding carboxylic acids is 1. The van der Waals surface area contributed by atoms with Crippen LogP contribution in [0.25, 0.3) is 5.57 Å². The Labute approximate surface area is 188 Å². The van der Waals surface area contributed by atoms with E-state index in [1.165, 1.54) is 29.9 Å². The maximum atomic E-state index is 13.5. The topological polar surface area (TPSA) is 121 Å². The van der Waals surface area contributed by atoms with E-state index < -0.39 is 20.8 Å². The lowest BCUT2D eigenvalue weighted by Gasteiger charge is -2.14. The summed E-state index contributed by atoms with van der Waals surface area (Å²) in [6.07, 6.45) is 1.28. The number of nitrogens with zero attached hydrogens (tertiary/aromatic N) is 3. The van der Waals surface area contributed by atoms with Crippen molar-refractivity contribution < 1.29 is 22.3 Å². The summed E-state index contributed by atoms with van der Waals surface area (Å²) in [4.78, 5) is 24.6. The third-order valence-electron chi connectivity index (χ3n) is 5.14. The van der Waals surface area contributed by atoms with Crippen LogP contribution in [0, 0.1) is 23.0 Å². The Bertz CT molecular complexity index is 1190. The Morgan fingerprint density at radius 1 is 1.22 bits per heavy atom. The molecule has 0 saturated carbocycles. The van der Waals surface area contributed by atoms with Gasteiger partial charge in [-0.3, -0.25) is 14.9 Å². The van der Waals surface area contributed by atoms with E-state index in [0.717, 1.165) is 5.57 Å². The van der Waals surface area contributed by atoms with Crippen molar-refractivity contribution in [3.8, 4) is 5.88 Å². The van der Waals surface area contributed by atoms with Crippen LogP contribution >= 0.6 is 0 Å². The molecule has 0 bridgehead atoms. The molecule has 0 aliphatic rings. The van der Waals surface area contributed by atoms with Crippen molar-refractivity contribution in [3.05, 3.63) is 56.3 Å². The molecule has 10 heteroatoms. The monoisotopic (exact) mass is 463 g/mol. The van der Waals surface area contributed by atoms with Crippen LogP contribution in [0.4, 0.5) is 5.69 Å². The van der Waals surface area contributed by atoms with Crippen LogP contribution in [0.5, 0.6) is 5.88 Å². The van der Waals surface area contributed by atoms with E-state index in [9.17, 15) is 23.3 Å². The van der Waals surface area contributed by atoms with Crippen LogP contribution in [0.3, 0.4) is 0 Å². The van der Waals surface area contributed by atoms with Gasteiger partial charge in [0.05, 0.1) is 22.4 Å². The molecule has 2 rings (SSSR count). The highest BCUT2D eigenvalue weighted by molar-refractivity contribution is 7.87. The Morgan fingerprint density at radius 3 is 2.34 bits per heavy atom. The predicted octanol–water partition coefficient (Wildman–Crippen LogP) is 4.53. The SMILES string of the molecule is CCS(=O)(=O)Oc1c(C(=O)c2ccc([N+](=O)[O-])c(C(C)=C(C)C)c2C)cnn1CC(C)C. The van der Waals surface area contributed by atoms with Crippen LogP contribution in [0.2, 0.25) is 0 Å². The van der Waals surface area contributed by atoms with Gasteiger partial charge < -0.3 is 4.18 Å². The van der Waals surface area contributed by atoms with Gasteiger partial charge in [-0.05, 0) is 57.7 Å². The van der Waals surface area contributed by atoms with E-state index in [1.807, 2.05) is 27.7 Å².